The van der Waals surface area contributed by atoms with Gasteiger partial charge in [0.05, 0.1) is 12.8 Å². The van der Waals surface area contributed by atoms with Crippen molar-refractivity contribution in [3.63, 3.8) is 0 Å². The Bertz CT molecular complexity index is 1100. The molecule has 1 N–H and O–H groups in total. The molecule has 0 atom stereocenters. The smallest absolute Gasteiger partial charge is 0.435 e. The van der Waals surface area contributed by atoms with Crippen LogP contribution in [-0.4, -0.2) is 48.3 Å². The molecule has 0 spiro atoms. The normalized spacial score (nSPS) is 12.2. The monoisotopic (exact) mass is 460 g/mol. The summed E-state index contributed by atoms with van der Waals surface area (Å²) in [6.07, 6.45) is -4.69. The molecule has 33 heavy (non-hydrogen) atoms. The maximum Gasteiger partial charge on any atom is 0.435 e. The molecule has 1 amide bonds. The second kappa shape index (κ2) is 9.27. The van der Waals surface area contributed by atoms with Crippen LogP contribution in [0.15, 0.2) is 54.6 Å². The number of hydrogen-bond acceptors (Lipinski definition) is 4. The number of carbonyl (C=O) groups excluding carboxylic acids is 1. The van der Waals surface area contributed by atoms with Crippen molar-refractivity contribution in [1.82, 2.24) is 14.7 Å². The second-order valence-electron chi connectivity index (χ2n) is 8.68. The van der Waals surface area contributed by atoms with Gasteiger partial charge in [-0.15, -0.1) is 0 Å². The first-order chi connectivity index (χ1) is 15.4. The fourth-order valence-corrected chi connectivity index (χ4v) is 3.68. The van der Waals surface area contributed by atoms with Gasteiger partial charge < -0.3 is 15.0 Å². The van der Waals surface area contributed by atoms with E-state index in [4.69, 9.17) is 4.74 Å². The number of ether oxygens (including phenoxy) is 1. The highest BCUT2D eigenvalue weighted by atomic mass is 19.4. The Kier molecular flexibility index (Phi) is 6.83. The lowest BCUT2D eigenvalue weighted by Gasteiger charge is -2.29. The van der Waals surface area contributed by atoms with E-state index in [1.165, 1.54) is 19.2 Å². The van der Waals surface area contributed by atoms with Gasteiger partial charge in [0.1, 0.15) is 11.4 Å². The van der Waals surface area contributed by atoms with Crippen LogP contribution in [0.1, 0.15) is 35.6 Å². The zero-order valence-electron chi connectivity index (χ0n) is 19.2. The number of alkyl halides is 3. The Labute approximate surface area is 191 Å². The SMILES string of the molecule is COc1ccc(-n2nc(C(F)(F)F)cc2C(=O)Nc2ccc(C(C)(C)CN(C)C)cc2)cc1. The van der Waals surface area contributed by atoms with Gasteiger partial charge in [0, 0.05) is 23.7 Å². The first kappa shape index (κ1) is 24.3. The van der Waals surface area contributed by atoms with Crippen molar-refractivity contribution in [3.05, 3.63) is 71.5 Å². The number of likely N-dealkylation sites (N-methyl/N-ethyl adjacent to an activating group) is 1. The molecule has 0 aliphatic carbocycles. The maximum atomic E-state index is 13.3. The number of rotatable bonds is 7. The summed E-state index contributed by atoms with van der Waals surface area (Å²) in [4.78, 5) is 15.0. The van der Waals surface area contributed by atoms with Crippen LogP contribution in [0.2, 0.25) is 0 Å². The molecule has 0 saturated heterocycles. The highest BCUT2D eigenvalue weighted by Crippen LogP contribution is 2.30. The average Bonchev–Trinajstić information content (AvgIpc) is 3.19. The Balaban J connectivity index is 1.89. The van der Waals surface area contributed by atoms with E-state index in [1.807, 2.05) is 26.2 Å². The van der Waals surface area contributed by atoms with Crippen LogP contribution < -0.4 is 10.1 Å². The summed E-state index contributed by atoms with van der Waals surface area (Å²) in [5.41, 5.74) is 0.365. The van der Waals surface area contributed by atoms with Gasteiger partial charge in [-0.2, -0.15) is 18.3 Å². The van der Waals surface area contributed by atoms with E-state index in [0.717, 1.165) is 22.9 Å². The molecule has 2 aromatic carbocycles. The summed E-state index contributed by atoms with van der Waals surface area (Å²) in [6, 6.07) is 14.3. The molecule has 0 radical (unpaired) electrons. The highest BCUT2D eigenvalue weighted by Gasteiger charge is 2.36. The van der Waals surface area contributed by atoms with Gasteiger partial charge in [-0.3, -0.25) is 4.79 Å². The van der Waals surface area contributed by atoms with Gasteiger partial charge in [0.25, 0.3) is 5.91 Å². The third kappa shape index (κ3) is 5.73. The molecule has 1 heterocycles. The predicted octanol–water partition coefficient (Wildman–Crippen LogP) is 4.99. The molecule has 3 aromatic rings. The minimum absolute atomic E-state index is 0.110. The number of methoxy groups -OCH3 is 1. The van der Waals surface area contributed by atoms with Crippen molar-refractivity contribution in [2.24, 2.45) is 0 Å². The number of carbonyl (C=O) groups is 1. The summed E-state index contributed by atoms with van der Waals surface area (Å²) < 4.78 is 46.0. The summed E-state index contributed by atoms with van der Waals surface area (Å²) >= 11 is 0. The lowest BCUT2D eigenvalue weighted by Crippen LogP contribution is -2.32. The molecular formula is C24H27F3N4O2. The van der Waals surface area contributed by atoms with E-state index in [9.17, 15) is 18.0 Å². The Morgan fingerprint density at radius 3 is 2.18 bits per heavy atom. The van der Waals surface area contributed by atoms with E-state index < -0.39 is 17.8 Å². The van der Waals surface area contributed by atoms with Gasteiger partial charge >= 0.3 is 6.18 Å². The van der Waals surface area contributed by atoms with Crippen LogP contribution >= 0.6 is 0 Å². The molecular weight excluding hydrogens is 433 g/mol. The van der Waals surface area contributed by atoms with Crippen molar-refractivity contribution in [1.29, 1.82) is 0 Å². The zero-order valence-corrected chi connectivity index (χ0v) is 19.2. The van der Waals surface area contributed by atoms with Crippen LogP contribution in [0.5, 0.6) is 5.75 Å². The quantitative estimate of drug-likeness (QED) is 0.540. The number of nitrogens with one attached hydrogen (secondary N) is 1. The predicted molar refractivity (Wildman–Crippen MR) is 121 cm³/mol. The molecule has 176 valence electrons. The van der Waals surface area contributed by atoms with Crippen molar-refractivity contribution < 1.29 is 22.7 Å². The summed E-state index contributed by atoms with van der Waals surface area (Å²) in [5.74, 6) is -0.167. The van der Waals surface area contributed by atoms with E-state index in [2.05, 4.69) is 29.2 Å². The van der Waals surface area contributed by atoms with E-state index in [1.54, 1.807) is 24.3 Å². The van der Waals surface area contributed by atoms with Gasteiger partial charge in [-0.1, -0.05) is 26.0 Å². The Morgan fingerprint density at radius 1 is 1.06 bits per heavy atom. The molecule has 1 aromatic heterocycles. The molecule has 3 rings (SSSR count). The minimum atomic E-state index is -4.69. The number of benzene rings is 2. The molecule has 6 nitrogen and oxygen atoms in total. The standard InChI is InChI=1S/C24H27F3N4O2/c1-23(2,15-30(3)4)16-6-8-17(9-7-16)28-22(32)20-14-21(24(25,26)27)29-31(20)18-10-12-19(33-5)13-11-18/h6-14H,15H2,1-5H3,(H,28,32). The third-order valence-corrected chi connectivity index (χ3v) is 5.19. The minimum Gasteiger partial charge on any atom is -0.497 e. The lowest BCUT2D eigenvalue weighted by molar-refractivity contribution is -0.141. The molecule has 0 unspecified atom stereocenters. The fraction of sp³-hybridized carbons (Fsp3) is 0.333. The zero-order chi connectivity index (χ0) is 24.4. The number of anilines is 1. The van der Waals surface area contributed by atoms with Crippen LogP contribution in [0.3, 0.4) is 0 Å². The molecule has 9 heteroatoms. The van der Waals surface area contributed by atoms with E-state index in [0.29, 0.717) is 17.1 Å². The first-order valence-corrected chi connectivity index (χ1v) is 10.3. The first-order valence-electron chi connectivity index (χ1n) is 10.3. The van der Waals surface area contributed by atoms with Gasteiger partial charge in [-0.25, -0.2) is 4.68 Å². The second-order valence-corrected chi connectivity index (χ2v) is 8.68. The third-order valence-electron chi connectivity index (χ3n) is 5.19. The number of aromatic nitrogens is 2. The van der Waals surface area contributed by atoms with Crippen molar-refractivity contribution in [2.75, 3.05) is 33.1 Å². The fourth-order valence-electron chi connectivity index (χ4n) is 3.68. The highest BCUT2D eigenvalue weighted by molar-refractivity contribution is 6.03. The summed E-state index contributed by atoms with van der Waals surface area (Å²) in [6.45, 7) is 5.07. The summed E-state index contributed by atoms with van der Waals surface area (Å²) in [5, 5.41) is 6.30. The van der Waals surface area contributed by atoms with Crippen LogP contribution in [-0.2, 0) is 11.6 Å². The van der Waals surface area contributed by atoms with Crippen molar-refractivity contribution in [2.45, 2.75) is 25.4 Å². The Morgan fingerprint density at radius 2 is 1.67 bits per heavy atom. The van der Waals surface area contributed by atoms with E-state index >= 15 is 0 Å². The van der Waals surface area contributed by atoms with E-state index in [-0.39, 0.29) is 11.1 Å². The van der Waals surface area contributed by atoms with Gasteiger partial charge in [-0.05, 0) is 56.1 Å². The van der Waals surface area contributed by atoms with Gasteiger partial charge in [0.2, 0.25) is 0 Å². The molecule has 0 saturated carbocycles. The van der Waals surface area contributed by atoms with Crippen LogP contribution in [0.4, 0.5) is 18.9 Å². The number of hydrogen-bond donors (Lipinski definition) is 1. The van der Waals surface area contributed by atoms with Crippen LogP contribution in [0, 0.1) is 0 Å². The van der Waals surface area contributed by atoms with Crippen molar-refractivity contribution in [3.8, 4) is 11.4 Å². The molecule has 0 bridgehead atoms. The lowest BCUT2D eigenvalue weighted by atomic mass is 9.84. The average molecular weight is 461 g/mol. The molecule has 0 aliphatic rings. The summed E-state index contributed by atoms with van der Waals surface area (Å²) in [7, 11) is 5.48. The van der Waals surface area contributed by atoms with Crippen molar-refractivity contribution >= 4 is 11.6 Å². The number of amides is 1. The number of halogens is 3. The molecule has 0 aliphatic heterocycles. The number of nitrogens with zero attached hydrogens (tertiary/aromatic N) is 3. The largest absolute Gasteiger partial charge is 0.497 e. The maximum absolute atomic E-state index is 13.3. The Hall–Kier alpha value is -3.33. The molecule has 0 fully saturated rings. The van der Waals surface area contributed by atoms with Gasteiger partial charge in [0.15, 0.2) is 5.69 Å². The van der Waals surface area contributed by atoms with Crippen LogP contribution in [0.25, 0.3) is 5.69 Å². The topological polar surface area (TPSA) is 59.4 Å².